The van der Waals surface area contributed by atoms with Crippen molar-refractivity contribution in [3.05, 3.63) is 59.0 Å². The van der Waals surface area contributed by atoms with Crippen molar-refractivity contribution >= 4 is 17.4 Å². The zero-order valence-corrected chi connectivity index (χ0v) is 20.0. The molecule has 3 aromatic rings. The Labute approximate surface area is 207 Å². The Morgan fingerprint density at radius 1 is 1.09 bits per heavy atom. The van der Waals surface area contributed by atoms with Crippen LogP contribution in [-0.2, 0) is 13.1 Å². The van der Waals surface area contributed by atoms with Gasteiger partial charge in [-0.3, -0.25) is 14.5 Å². The fourth-order valence-electron chi connectivity index (χ4n) is 6.21. The molecule has 0 atom stereocenters. The molecular formula is C25H26ClF2N7. The maximum absolute atomic E-state index is 14.7. The van der Waals surface area contributed by atoms with Crippen LogP contribution in [0.15, 0.2) is 36.8 Å². The monoisotopic (exact) mass is 497 g/mol. The topological polar surface area (TPSA) is 63.0 Å². The summed E-state index contributed by atoms with van der Waals surface area (Å²) in [6.07, 6.45) is 8.52. The molecular weight excluding hydrogens is 472 g/mol. The Hall–Kier alpha value is -2.65. The van der Waals surface area contributed by atoms with Gasteiger partial charge in [-0.05, 0) is 49.4 Å². The number of aromatic nitrogens is 5. The van der Waals surface area contributed by atoms with Gasteiger partial charge in [0, 0.05) is 54.3 Å². The van der Waals surface area contributed by atoms with E-state index in [0.717, 1.165) is 54.6 Å². The number of fused-ring (bicyclic) bond motifs is 3. The molecule has 4 heterocycles. The zero-order chi connectivity index (χ0) is 23.8. The van der Waals surface area contributed by atoms with Crippen LogP contribution in [0.5, 0.6) is 0 Å². The van der Waals surface area contributed by atoms with Crippen molar-refractivity contribution in [2.45, 2.75) is 50.6 Å². The summed E-state index contributed by atoms with van der Waals surface area (Å²) in [5.74, 6) is -0.300. The first kappa shape index (κ1) is 21.6. The fraction of sp³-hybridized carbons (Fsp3) is 0.520. The third kappa shape index (κ3) is 3.71. The van der Waals surface area contributed by atoms with E-state index in [1.54, 1.807) is 17.3 Å². The minimum absolute atomic E-state index is 0.267. The quantitative estimate of drug-likeness (QED) is 0.519. The summed E-state index contributed by atoms with van der Waals surface area (Å²) in [6, 6.07) is 5.73. The first-order chi connectivity index (χ1) is 16.9. The van der Waals surface area contributed by atoms with Gasteiger partial charge in [0.2, 0.25) is 0 Å². The Morgan fingerprint density at radius 3 is 2.66 bits per heavy atom. The van der Waals surface area contributed by atoms with Crippen LogP contribution < -0.4 is 4.90 Å². The van der Waals surface area contributed by atoms with Crippen molar-refractivity contribution in [3.8, 4) is 5.69 Å². The molecule has 1 aromatic carbocycles. The average Bonchev–Trinajstić information content (AvgIpc) is 3.58. The van der Waals surface area contributed by atoms with E-state index < -0.39 is 11.8 Å². The van der Waals surface area contributed by atoms with E-state index in [1.165, 1.54) is 0 Å². The number of rotatable bonds is 5. The van der Waals surface area contributed by atoms with E-state index in [1.807, 2.05) is 24.4 Å². The highest BCUT2D eigenvalue weighted by Gasteiger charge is 2.54. The molecule has 3 fully saturated rings. The molecule has 4 aliphatic rings. The minimum Gasteiger partial charge on any atom is -0.354 e. The molecule has 0 N–H and O–H groups in total. The van der Waals surface area contributed by atoms with Crippen molar-refractivity contribution in [1.29, 1.82) is 0 Å². The number of halogens is 3. The maximum Gasteiger partial charge on any atom is 0.263 e. The second-order valence-corrected chi connectivity index (χ2v) is 11.2. The lowest BCUT2D eigenvalue weighted by atomic mass is 9.57. The second-order valence-electron chi connectivity index (χ2n) is 10.8. The standard InChI is InChI=1S/C25H26ClF2N7/c26-19-3-4-20-16(7-19)11-33(15-25(27,28)18-1-2-18)12-22-31-32-23(35(20)22)17-8-24(9-17)13-34(14-24)21-10-29-5-6-30-21/h3-7,10,17-18H,1-2,8-9,11-15H2. The van der Waals surface area contributed by atoms with Crippen LogP contribution in [0, 0.1) is 11.3 Å². The highest BCUT2D eigenvalue weighted by atomic mass is 35.5. The number of nitrogens with zero attached hydrogens (tertiary/aromatic N) is 7. The number of benzene rings is 1. The first-order valence-corrected chi connectivity index (χ1v) is 12.6. The Morgan fingerprint density at radius 2 is 1.91 bits per heavy atom. The summed E-state index contributed by atoms with van der Waals surface area (Å²) in [5, 5.41) is 9.70. The Kier molecular flexibility index (Phi) is 4.74. The summed E-state index contributed by atoms with van der Waals surface area (Å²) >= 11 is 6.32. The molecule has 7 nitrogen and oxygen atoms in total. The summed E-state index contributed by atoms with van der Waals surface area (Å²) in [7, 11) is 0. The van der Waals surface area contributed by atoms with Crippen molar-refractivity contribution in [1.82, 2.24) is 29.6 Å². The van der Waals surface area contributed by atoms with Gasteiger partial charge >= 0.3 is 0 Å². The Balaban J connectivity index is 1.14. The molecule has 7 rings (SSSR count). The molecule has 2 saturated carbocycles. The van der Waals surface area contributed by atoms with Gasteiger partial charge in [-0.15, -0.1) is 10.2 Å². The van der Waals surface area contributed by atoms with Gasteiger partial charge in [-0.25, -0.2) is 13.8 Å². The van der Waals surface area contributed by atoms with Gasteiger partial charge in [-0.2, -0.15) is 0 Å². The van der Waals surface area contributed by atoms with Gasteiger partial charge in [0.25, 0.3) is 5.92 Å². The zero-order valence-electron chi connectivity index (χ0n) is 19.2. The minimum atomic E-state index is -2.68. The van der Waals surface area contributed by atoms with E-state index in [2.05, 4.69) is 29.6 Å². The van der Waals surface area contributed by atoms with Crippen molar-refractivity contribution < 1.29 is 8.78 Å². The number of hydrogen-bond donors (Lipinski definition) is 0. The van der Waals surface area contributed by atoms with Crippen LogP contribution in [0.3, 0.4) is 0 Å². The lowest BCUT2D eigenvalue weighted by Gasteiger charge is -2.59. The molecule has 35 heavy (non-hydrogen) atoms. The van der Waals surface area contributed by atoms with Crippen LogP contribution in [-0.4, -0.2) is 55.2 Å². The largest absolute Gasteiger partial charge is 0.354 e. The highest BCUT2D eigenvalue weighted by Crippen LogP contribution is 2.56. The lowest BCUT2D eigenvalue weighted by molar-refractivity contribution is -0.0558. The smallest absolute Gasteiger partial charge is 0.263 e. The molecule has 0 bridgehead atoms. The molecule has 2 aliphatic heterocycles. The molecule has 2 aliphatic carbocycles. The van der Waals surface area contributed by atoms with E-state index in [0.29, 0.717) is 36.9 Å². The average molecular weight is 498 g/mol. The fourth-order valence-corrected chi connectivity index (χ4v) is 6.40. The summed E-state index contributed by atoms with van der Waals surface area (Å²) in [4.78, 5) is 12.7. The molecule has 0 unspecified atom stereocenters. The molecule has 2 aromatic heterocycles. The molecule has 1 saturated heterocycles. The van der Waals surface area contributed by atoms with E-state index >= 15 is 0 Å². The second kappa shape index (κ2) is 7.67. The van der Waals surface area contributed by atoms with E-state index in [-0.39, 0.29) is 12.0 Å². The molecule has 182 valence electrons. The first-order valence-electron chi connectivity index (χ1n) is 12.2. The molecule has 10 heteroatoms. The summed E-state index contributed by atoms with van der Waals surface area (Å²) in [5.41, 5.74) is 2.17. The molecule has 0 amide bonds. The predicted molar refractivity (Wildman–Crippen MR) is 127 cm³/mol. The van der Waals surface area contributed by atoms with Gasteiger partial charge < -0.3 is 4.90 Å². The van der Waals surface area contributed by atoms with Gasteiger partial charge in [0.15, 0.2) is 5.82 Å². The van der Waals surface area contributed by atoms with Crippen LogP contribution in [0.25, 0.3) is 5.69 Å². The maximum atomic E-state index is 14.7. The molecule has 1 spiro atoms. The van der Waals surface area contributed by atoms with Crippen LogP contribution in [0.2, 0.25) is 5.02 Å². The lowest BCUT2D eigenvalue weighted by Crippen LogP contribution is -2.62. The van der Waals surface area contributed by atoms with E-state index in [4.69, 9.17) is 11.6 Å². The summed E-state index contributed by atoms with van der Waals surface area (Å²) in [6.45, 7) is 2.44. The number of alkyl halides is 2. The van der Waals surface area contributed by atoms with Gasteiger partial charge in [0.05, 0.1) is 25.0 Å². The number of hydrogen-bond acceptors (Lipinski definition) is 6. The SMILES string of the molecule is FC(F)(CN1Cc2cc(Cl)ccc2-n2c(nnc2C2CC3(C2)CN(c2cnccn2)C3)C1)C1CC1. The van der Waals surface area contributed by atoms with E-state index in [9.17, 15) is 8.78 Å². The third-order valence-corrected chi connectivity index (χ3v) is 8.29. The van der Waals surface area contributed by atoms with Crippen LogP contribution in [0.4, 0.5) is 14.6 Å². The van der Waals surface area contributed by atoms with Crippen molar-refractivity contribution in [2.75, 3.05) is 24.5 Å². The number of anilines is 1. The molecule has 0 radical (unpaired) electrons. The van der Waals surface area contributed by atoms with Crippen LogP contribution >= 0.6 is 11.6 Å². The Bertz CT molecular complexity index is 1260. The van der Waals surface area contributed by atoms with Gasteiger partial charge in [0.1, 0.15) is 11.6 Å². The predicted octanol–water partition coefficient (Wildman–Crippen LogP) is 4.46. The van der Waals surface area contributed by atoms with Crippen molar-refractivity contribution in [2.24, 2.45) is 11.3 Å². The normalized spacial score (nSPS) is 21.7. The van der Waals surface area contributed by atoms with Crippen LogP contribution in [0.1, 0.15) is 48.8 Å². The third-order valence-electron chi connectivity index (χ3n) is 8.06. The van der Waals surface area contributed by atoms with Crippen molar-refractivity contribution in [3.63, 3.8) is 0 Å². The summed E-state index contributed by atoms with van der Waals surface area (Å²) < 4.78 is 31.5. The van der Waals surface area contributed by atoms with Gasteiger partial charge in [-0.1, -0.05) is 11.6 Å². The highest BCUT2D eigenvalue weighted by molar-refractivity contribution is 6.30.